The van der Waals surface area contributed by atoms with Crippen LogP contribution in [0.3, 0.4) is 0 Å². The van der Waals surface area contributed by atoms with Crippen LogP contribution in [0, 0.1) is 13.8 Å². The Bertz CT molecular complexity index is 1130. The van der Waals surface area contributed by atoms with Crippen LogP contribution in [0.25, 0.3) is 5.69 Å². The average molecular weight is 430 g/mol. The van der Waals surface area contributed by atoms with Crippen molar-refractivity contribution in [3.8, 4) is 5.69 Å². The van der Waals surface area contributed by atoms with Gasteiger partial charge in [0.05, 0.1) is 0 Å². The van der Waals surface area contributed by atoms with E-state index in [4.69, 9.17) is 4.52 Å². The Hall–Kier alpha value is -3.11. The number of benzene rings is 1. The highest BCUT2D eigenvalue weighted by Gasteiger charge is 2.34. The minimum atomic E-state index is -3.70. The maximum atomic E-state index is 12.9. The SMILES string of the molecule is Cc1noc(C)c1S(=O)(=O)N1CCN(C(=O)Nc2cccc(-n3cccc3)c2)CC1. The molecule has 0 radical (unpaired) electrons. The summed E-state index contributed by atoms with van der Waals surface area (Å²) in [6, 6.07) is 11.1. The largest absolute Gasteiger partial charge is 0.360 e. The van der Waals surface area contributed by atoms with Gasteiger partial charge in [0.25, 0.3) is 0 Å². The van der Waals surface area contributed by atoms with Crippen molar-refractivity contribution < 1.29 is 17.7 Å². The third kappa shape index (κ3) is 3.83. The van der Waals surface area contributed by atoms with E-state index < -0.39 is 10.0 Å². The molecular formula is C20H23N5O4S. The minimum Gasteiger partial charge on any atom is -0.360 e. The molecule has 10 heteroatoms. The fraction of sp³-hybridized carbons (Fsp3) is 0.300. The number of carbonyl (C=O) groups is 1. The zero-order chi connectivity index (χ0) is 21.3. The van der Waals surface area contributed by atoms with Crippen LogP contribution in [-0.2, 0) is 10.0 Å². The molecule has 158 valence electrons. The lowest BCUT2D eigenvalue weighted by Crippen LogP contribution is -2.51. The average Bonchev–Trinajstić information content (AvgIpc) is 3.38. The van der Waals surface area contributed by atoms with Crippen LogP contribution >= 0.6 is 0 Å². The van der Waals surface area contributed by atoms with Gasteiger partial charge < -0.3 is 19.3 Å². The van der Waals surface area contributed by atoms with E-state index in [2.05, 4.69) is 10.5 Å². The molecule has 1 aliphatic rings. The van der Waals surface area contributed by atoms with Gasteiger partial charge in [0.1, 0.15) is 10.6 Å². The number of urea groups is 1. The lowest BCUT2D eigenvalue weighted by atomic mass is 10.2. The Morgan fingerprint density at radius 1 is 1.07 bits per heavy atom. The molecule has 3 heterocycles. The molecule has 1 aromatic carbocycles. The molecule has 9 nitrogen and oxygen atoms in total. The third-order valence-electron chi connectivity index (χ3n) is 5.09. The van der Waals surface area contributed by atoms with Gasteiger partial charge in [-0.15, -0.1) is 0 Å². The number of hydrogen-bond acceptors (Lipinski definition) is 5. The number of aryl methyl sites for hydroxylation is 2. The van der Waals surface area contributed by atoms with Gasteiger partial charge in [0.15, 0.2) is 5.76 Å². The lowest BCUT2D eigenvalue weighted by molar-refractivity contribution is 0.184. The number of nitrogens with one attached hydrogen (secondary N) is 1. The molecule has 0 aliphatic carbocycles. The molecule has 4 rings (SSSR count). The predicted octanol–water partition coefficient (Wildman–Crippen LogP) is 2.62. The van der Waals surface area contributed by atoms with Gasteiger partial charge in [0.2, 0.25) is 10.0 Å². The Kier molecular flexibility index (Phi) is 5.35. The van der Waals surface area contributed by atoms with Gasteiger partial charge in [-0.3, -0.25) is 0 Å². The number of amides is 2. The molecule has 3 aromatic rings. The third-order valence-corrected chi connectivity index (χ3v) is 7.24. The molecule has 1 saturated heterocycles. The van der Waals surface area contributed by atoms with Gasteiger partial charge in [-0.05, 0) is 44.2 Å². The van der Waals surface area contributed by atoms with Gasteiger partial charge in [-0.25, -0.2) is 13.2 Å². The Morgan fingerprint density at radius 3 is 2.40 bits per heavy atom. The first-order valence-electron chi connectivity index (χ1n) is 9.58. The molecule has 1 N–H and O–H groups in total. The zero-order valence-electron chi connectivity index (χ0n) is 16.8. The van der Waals surface area contributed by atoms with Crippen LogP contribution in [0.4, 0.5) is 10.5 Å². The van der Waals surface area contributed by atoms with Crippen LogP contribution in [0.5, 0.6) is 0 Å². The Labute approximate surface area is 174 Å². The van der Waals surface area contributed by atoms with Crippen LogP contribution < -0.4 is 5.32 Å². The van der Waals surface area contributed by atoms with Crippen LogP contribution in [0.1, 0.15) is 11.5 Å². The number of hydrogen-bond donors (Lipinski definition) is 1. The summed E-state index contributed by atoms with van der Waals surface area (Å²) in [5, 5.41) is 6.63. The summed E-state index contributed by atoms with van der Waals surface area (Å²) >= 11 is 0. The first kappa shape index (κ1) is 20.2. The van der Waals surface area contributed by atoms with Crippen molar-refractivity contribution in [1.29, 1.82) is 0 Å². The molecule has 0 bridgehead atoms. The highest BCUT2D eigenvalue weighted by atomic mass is 32.2. The molecule has 1 aliphatic heterocycles. The fourth-order valence-electron chi connectivity index (χ4n) is 3.56. The quantitative estimate of drug-likeness (QED) is 0.687. The van der Waals surface area contributed by atoms with Crippen LogP contribution in [0.15, 0.2) is 58.2 Å². The van der Waals surface area contributed by atoms with Crippen molar-refractivity contribution >= 4 is 21.7 Å². The van der Waals surface area contributed by atoms with E-state index in [0.29, 0.717) is 24.5 Å². The monoisotopic (exact) mass is 429 g/mol. The second-order valence-corrected chi connectivity index (χ2v) is 8.99. The number of nitrogens with zero attached hydrogens (tertiary/aromatic N) is 4. The highest BCUT2D eigenvalue weighted by molar-refractivity contribution is 7.89. The molecule has 2 amide bonds. The Morgan fingerprint density at radius 2 is 1.77 bits per heavy atom. The van der Waals surface area contributed by atoms with E-state index in [0.717, 1.165) is 5.69 Å². The molecule has 0 unspecified atom stereocenters. The summed E-state index contributed by atoms with van der Waals surface area (Å²) in [6.07, 6.45) is 3.86. The normalized spacial score (nSPS) is 15.3. The van der Waals surface area contributed by atoms with Crippen molar-refractivity contribution in [2.45, 2.75) is 18.7 Å². The molecule has 30 heavy (non-hydrogen) atoms. The first-order valence-corrected chi connectivity index (χ1v) is 11.0. The van der Waals surface area contributed by atoms with Crippen molar-refractivity contribution in [2.75, 3.05) is 31.5 Å². The van der Waals surface area contributed by atoms with Crippen LogP contribution in [0.2, 0.25) is 0 Å². The van der Waals surface area contributed by atoms with E-state index in [9.17, 15) is 13.2 Å². The van der Waals surface area contributed by atoms with Gasteiger partial charge in [-0.1, -0.05) is 11.2 Å². The van der Waals surface area contributed by atoms with Gasteiger partial charge in [-0.2, -0.15) is 4.31 Å². The summed E-state index contributed by atoms with van der Waals surface area (Å²) in [4.78, 5) is 14.4. The highest BCUT2D eigenvalue weighted by Crippen LogP contribution is 2.24. The predicted molar refractivity (Wildman–Crippen MR) is 111 cm³/mol. The van der Waals surface area contributed by atoms with Gasteiger partial charge >= 0.3 is 6.03 Å². The number of sulfonamides is 1. The lowest BCUT2D eigenvalue weighted by Gasteiger charge is -2.33. The summed E-state index contributed by atoms with van der Waals surface area (Å²) in [6.45, 7) is 4.21. The maximum absolute atomic E-state index is 12.9. The summed E-state index contributed by atoms with van der Waals surface area (Å²) in [5.74, 6) is 0.273. The first-order chi connectivity index (χ1) is 14.4. The van der Waals surface area contributed by atoms with E-state index in [-0.39, 0.29) is 29.8 Å². The zero-order valence-corrected chi connectivity index (χ0v) is 17.6. The minimum absolute atomic E-state index is 0.113. The van der Waals surface area contributed by atoms with Crippen molar-refractivity contribution in [1.82, 2.24) is 18.9 Å². The second-order valence-electron chi connectivity index (χ2n) is 7.12. The van der Waals surface area contributed by atoms with E-state index in [1.54, 1.807) is 18.7 Å². The van der Waals surface area contributed by atoms with Crippen LogP contribution in [-0.4, -0.2) is 59.6 Å². The topological polar surface area (TPSA) is 101 Å². The second kappa shape index (κ2) is 7.96. The van der Waals surface area contributed by atoms with Crippen molar-refractivity contribution in [3.63, 3.8) is 0 Å². The van der Waals surface area contributed by atoms with Gasteiger partial charge in [0, 0.05) is 49.9 Å². The Balaban J connectivity index is 1.40. The summed E-state index contributed by atoms with van der Waals surface area (Å²) in [7, 11) is -3.70. The standard InChI is InChI=1S/C20H23N5O4S/c1-15-19(16(2)29-22-15)30(27,28)25-12-10-24(11-13-25)20(26)21-17-6-5-7-18(14-17)23-8-3-4-9-23/h3-9,14H,10-13H2,1-2H3,(H,21,26). The molecule has 0 saturated carbocycles. The number of rotatable bonds is 4. The number of carbonyl (C=O) groups excluding carboxylic acids is 1. The maximum Gasteiger partial charge on any atom is 0.321 e. The smallest absolute Gasteiger partial charge is 0.321 e. The fourth-order valence-corrected chi connectivity index (χ4v) is 5.27. The van der Waals surface area contributed by atoms with Crippen molar-refractivity contribution in [3.05, 3.63) is 60.2 Å². The number of anilines is 1. The molecule has 0 spiro atoms. The van der Waals surface area contributed by atoms with E-state index >= 15 is 0 Å². The number of aromatic nitrogens is 2. The number of piperazine rings is 1. The van der Waals surface area contributed by atoms with E-state index in [1.165, 1.54) is 4.31 Å². The van der Waals surface area contributed by atoms with E-state index in [1.807, 2.05) is 53.4 Å². The molecule has 2 aromatic heterocycles. The molecule has 0 atom stereocenters. The summed E-state index contributed by atoms with van der Waals surface area (Å²) < 4.78 is 34.2. The summed E-state index contributed by atoms with van der Waals surface area (Å²) in [5.41, 5.74) is 1.96. The molecule has 1 fully saturated rings. The van der Waals surface area contributed by atoms with Crippen molar-refractivity contribution in [2.24, 2.45) is 0 Å². The molecular weight excluding hydrogens is 406 g/mol.